The second-order valence-corrected chi connectivity index (χ2v) is 6.39. The third-order valence-corrected chi connectivity index (χ3v) is 3.16. The van der Waals surface area contributed by atoms with Gasteiger partial charge in [0.25, 0.3) is 0 Å². The van der Waals surface area contributed by atoms with Gasteiger partial charge in [-0.05, 0) is 17.7 Å². The van der Waals surface area contributed by atoms with E-state index < -0.39 is 26.8 Å². The van der Waals surface area contributed by atoms with E-state index in [-0.39, 0.29) is 16.6 Å². The number of hydrogen-bond donors (Lipinski definition) is 1. The van der Waals surface area contributed by atoms with Crippen molar-refractivity contribution in [2.45, 2.75) is 11.9 Å². The first-order valence-corrected chi connectivity index (χ1v) is 7.11. The summed E-state index contributed by atoms with van der Waals surface area (Å²) in [6.45, 7) is 0. The van der Waals surface area contributed by atoms with Crippen molar-refractivity contribution >= 4 is 30.8 Å². The minimum Gasteiger partial charge on any atom is -0.334 e. The predicted molar refractivity (Wildman–Crippen MR) is 59.6 cm³/mol. The Morgan fingerprint density at radius 1 is 1.33 bits per heavy atom. The van der Waals surface area contributed by atoms with Crippen molar-refractivity contribution in [2.75, 3.05) is 0 Å². The van der Waals surface area contributed by atoms with E-state index in [1.165, 1.54) is 18.2 Å². The lowest BCUT2D eigenvalue weighted by molar-refractivity contribution is -0.144. The Labute approximate surface area is 104 Å². The van der Waals surface area contributed by atoms with E-state index >= 15 is 0 Å². The maximum absolute atomic E-state index is 12.4. The summed E-state index contributed by atoms with van der Waals surface area (Å²) in [6, 6.07) is 3.94. The third kappa shape index (κ3) is 2.94. The maximum Gasteiger partial charge on any atom is 0.449 e. The molecule has 1 aromatic carbocycles. The average molecular weight is 299 g/mol. The van der Waals surface area contributed by atoms with E-state index in [0.29, 0.717) is 0 Å². The lowest BCUT2D eigenvalue weighted by Gasteiger charge is -1.99. The fourth-order valence-electron chi connectivity index (χ4n) is 1.48. The Kier molecular flexibility index (Phi) is 3.02. The van der Waals surface area contributed by atoms with Gasteiger partial charge in [0.2, 0.25) is 14.9 Å². The van der Waals surface area contributed by atoms with Crippen LogP contribution in [0, 0.1) is 0 Å². The minimum absolute atomic E-state index is 0.109. The zero-order valence-electron chi connectivity index (χ0n) is 8.62. The first-order chi connectivity index (χ1) is 8.15. The van der Waals surface area contributed by atoms with Gasteiger partial charge in [0.1, 0.15) is 0 Å². The summed E-state index contributed by atoms with van der Waals surface area (Å²) in [6.07, 6.45) is -4.57. The number of imidazole rings is 1. The maximum atomic E-state index is 12.4. The quantitative estimate of drug-likeness (QED) is 0.867. The van der Waals surface area contributed by atoms with E-state index in [9.17, 15) is 21.6 Å². The van der Waals surface area contributed by atoms with Gasteiger partial charge in [-0.2, -0.15) is 13.2 Å². The van der Waals surface area contributed by atoms with E-state index in [1.807, 2.05) is 0 Å². The number of fused-ring (bicyclic) bond motifs is 1. The molecule has 98 valence electrons. The summed E-state index contributed by atoms with van der Waals surface area (Å²) in [7, 11) is 1.31. The van der Waals surface area contributed by atoms with Gasteiger partial charge < -0.3 is 4.98 Å². The largest absolute Gasteiger partial charge is 0.449 e. The van der Waals surface area contributed by atoms with Gasteiger partial charge in [0, 0.05) is 10.7 Å². The van der Waals surface area contributed by atoms with Crippen LogP contribution < -0.4 is 0 Å². The third-order valence-electron chi connectivity index (χ3n) is 2.15. The normalized spacial score (nSPS) is 13.1. The molecule has 0 fully saturated rings. The van der Waals surface area contributed by atoms with Crippen LogP contribution in [0.15, 0.2) is 18.2 Å². The van der Waals surface area contributed by atoms with Crippen LogP contribution >= 0.6 is 10.7 Å². The van der Waals surface area contributed by atoms with Crippen molar-refractivity contribution in [3.63, 3.8) is 0 Å². The van der Waals surface area contributed by atoms with Crippen molar-refractivity contribution in [1.82, 2.24) is 9.97 Å². The van der Waals surface area contributed by atoms with Crippen LogP contribution in [0.5, 0.6) is 0 Å². The molecule has 2 rings (SSSR count). The van der Waals surface area contributed by atoms with Crippen LogP contribution in [-0.4, -0.2) is 18.4 Å². The van der Waals surface area contributed by atoms with Crippen molar-refractivity contribution in [3.05, 3.63) is 29.6 Å². The Morgan fingerprint density at radius 2 is 2.00 bits per heavy atom. The van der Waals surface area contributed by atoms with Crippen LogP contribution in [0.25, 0.3) is 11.0 Å². The second kappa shape index (κ2) is 4.13. The zero-order valence-corrected chi connectivity index (χ0v) is 10.2. The van der Waals surface area contributed by atoms with Crippen LogP contribution in [0.3, 0.4) is 0 Å². The number of rotatable bonds is 2. The number of H-pyrrole nitrogens is 1. The van der Waals surface area contributed by atoms with Gasteiger partial charge in [-0.1, -0.05) is 6.07 Å². The topological polar surface area (TPSA) is 62.8 Å². The van der Waals surface area contributed by atoms with Crippen molar-refractivity contribution in [1.29, 1.82) is 0 Å². The number of hydrogen-bond acceptors (Lipinski definition) is 3. The molecular weight excluding hydrogens is 293 g/mol. The number of alkyl halides is 3. The lowest BCUT2D eigenvalue weighted by atomic mass is 10.2. The molecule has 9 heteroatoms. The average Bonchev–Trinajstić information content (AvgIpc) is 2.57. The fraction of sp³-hybridized carbons (Fsp3) is 0.222. The molecule has 0 unspecified atom stereocenters. The fourth-order valence-corrected chi connectivity index (χ4v) is 2.44. The predicted octanol–water partition coefficient (Wildman–Crippen LogP) is 2.65. The first-order valence-electron chi connectivity index (χ1n) is 4.63. The Hall–Kier alpha value is -1.28. The van der Waals surface area contributed by atoms with Gasteiger partial charge in [0.15, 0.2) is 0 Å². The summed E-state index contributed by atoms with van der Waals surface area (Å²) in [4.78, 5) is 5.45. The number of nitrogens with zero attached hydrogens (tertiary/aromatic N) is 1. The summed E-state index contributed by atoms with van der Waals surface area (Å²) in [5, 5.41) is 0. The van der Waals surface area contributed by atoms with E-state index in [4.69, 9.17) is 10.7 Å². The molecule has 1 aromatic heterocycles. The van der Waals surface area contributed by atoms with Gasteiger partial charge in [0.05, 0.1) is 16.8 Å². The van der Waals surface area contributed by atoms with E-state index in [2.05, 4.69) is 9.97 Å². The lowest BCUT2D eigenvalue weighted by Crippen LogP contribution is -2.06. The molecule has 0 aliphatic rings. The molecule has 0 aliphatic heterocycles. The van der Waals surface area contributed by atoms with Crippen molar-refractivity contribution in [2.24, 2.45) is 0 Å². The minimum atomic E-state index is -4.57. The second-order valence-electron chi connectivity index (χ2n) is 3.62. The summed E-state index contributed by atoms with van der Waals surface area (Å²) in [5.74, 6) is -1.58. The Balaban J connectivity index is 2.46. The summed E-state index contributed by atoms with van der Waals surface area (Å²) < 4.78 is 58.9. The highest BCUT2D eigenvalue weighted by Crippen LogP contribution is 2.28. The number of halogens is 4. The van der Waals surface area contributed by atoms with E-state index in [1.54, 1.807) is 0 Å². The summed E-state index contributed by atoms with van der Waals surface area (Å²) in [5.41, 5.74) is 0.507. The van der Waals surface area contributed by atoms with Gasteiger partial charge in [-0.15, -0.1) is 0 Å². The number of aromatic nitrogens is 2. The van der Waals surface area contributed by atoms with E-state index in [0.717, 1.165) is 0 Å². The molecule has 0 aliphatic carbocycles. The van der Waals surface area contributed by atoms with Gasteiger partial charge >= 0.3 is 6.18 Å². The smallest absolute Gasteiger partial charge is 0.334 e. The standard InChI is InChI=1S/C9H6ClF3N2O2S/c10-18(16,17)4-5-1-2-6-7(3-5)15-8(14-6)9(11,12)13/h1-3H,4H2,(H,14,15). The molecule has 0 spiro atoms. The molecule has 0 bridgehead atoms. The molecule has 0 amide bonds. The zero-order chi connectivity index (χ0) is 13.6. The molecule has 18 heavy (non-hydrogen) atoms. The Morgan fingerprint density at radius 3 is 2.56 bits per heavy atom. The molecule has 2 aromatic rings. The molecule has 0 radical (unpaired) electrons. The number of benzene rings is 1. The molecule has 0 saturated heterocycles. The van der Waals surface area contributed by atoms with Gasteiger partial charge in [-0.25, -0.2) is 13.4 Å². The highest BCUT2D eigenvalue weighted by atomic mass is 35.7. The Bertz CT molecular complexity index is 693. The summed E-state index contributed by atoms with van der Waals surface area (Å²) >= 11 is 0. The molecule has 1 heterocycles. The van der Waals surface area contributed by atoms with Crippen molar-refractivity contribution in [3.8, 4) is 0 Å². The van der Waals surface area contributed by atoms with Crippen LogP contribution in [0.4, 0.5) is 13.2 Å². The van der Waals surface area contributed by atoms with Crippen LogP contribution in [-0.2, 0) is 21.0 Å². The molecule has 1 N–H and O–H groups in total. The molecular formula is C9H6ClF3N2O2S. The highest BCUT2D eigenvalue weighted by molar-refractivity contribution is 8.13. The van der Waals surface area contributed by atoms with Crippen LogP contribution in [0.1, 0.15) is 11.4 Å². The SMILES string of the molecule is O=S(=O)(Cl)Cc1ccc2nc(C(F)(F)F)[nH]c2c1. The monoisotopic (exact) mass is 298 g/mol. The highest BCUT2D eigenvalue weighted by Gasteiger charge is 2.34. The number of aromatic amines is 1. The molecule has 0 atom stereocenters. The van der Waals surface area contributed by atoms with Crippen LogP contribution in [0.2, 0.25) is 0 Å². The molecule has 4 nitrogen and oxygen atoms in total. The number of nitrogens with one attached hydrogen (secondary N) is 1. The van der Waals surface area contributed by atoms with Gasteiger partial charge in [-0.3, -0.25) is 0 Å². The molecule has 0 saturated carbocycles. The van der Waals surface area contributed by atoms with Crippen molar-refractivity contribution < 1.29 is 21.6 Å². The first kappa shape index (κ1) is 13.2.